The van der Waals surface area contributed by atoms with Crippen LogP contribution in [0.2, 0.25) is 0 Å². The molecule has 0 radical (unpaired) electrons. The summed E-state index contributed by atoms with van der Waals surface area (Å²) in [4.78, 5) is 0. The Balaban J connectivity index is 1.98. The highest BCUT2D eigenvalue weighted by atomic mass is 32.2. The molecular weight excluding hydrogens is 246 g/mol. The van der Waals surface area contributed by atoms with Gasteiger partial charge in [-0.05, 0) is 48.1 Å². The monoisotopic (exact) mass is 269 g/mol. The first-order valence-corrected chi connectivity index (χ1v) is 8.48. The summed E-state index contributed by atoms with van der Waals surface area (Å²) < 4.78 is 0. The van der Waals surface area contributed by atoms with E-state index in [4.69, 9.17) is 5.73 Å². The lowest BCUT2D eigenvalue weighted by Gasteiger charge is -2.30. The normalized spacial score (nSPS) is 28.9. The molecule has 4 unspecified atom stereocenters. The van der Waals surface area contributed by atoms with Gasteiger partial charge in [-0.15, -0.1) is 11.8 Å². The van der Waals surface area contributed by atoms with Gasteiger partial charge in [-0.1, -0.05) is 19.8 Å². The van der Waals surface area contributed by atoms with Crippen molar-refractivity contribution in [2.24, 2.45) is 11.7 Å². The second-order valence-electron chi connectivity index (χ2n) is 5.37. The third-order valence-corrected chi connectivity index (χ3v) is 6.09. The molecule has 0 bridgehead atoms. The first-order chi connectivity index (χ1) is 8.16. The van der Waals surface area contributed by atoms with Crippen molar-refractivity contribution in [3.8, 4) is 0 Å². The van der Waals surface area contributed by atoms with Crippen LogP contribution in [-0.2, 0) is 0 Å². The Morgan fingerprint density at radius 2 is 2.29 bits per heavy atom. The minimum Gasteiger partial charge on any atom is -0.327 e. The molecule has 96 valence electrons. The standard InChI is InChI=1S/C14H23NS2/c1-10-4-3-5-13(8-10)17-14(11(2)15)12-6-7-16-9-12/h6-7,9-11,13-14H,3-5,8,15H2,1-2H3. The van der Waals surface area contributed by atoms with E-state index in [-0.39, 0.29) is 6.04 Å². The number of thiophene rings is 1. The second-order valence-corrected chi connectivity index (χ2v) is 7.59. The molecule has 0 aliphatic heterocycles. The number of hydrogen-bond acceptors (Lipinski definition) is 3. The molecule has 2 rings (SSSR count). The molecule has 3 heteroatoms. The van der Waals surface area contributed by atoms with Gasteiger partial charge in [0.25, 0.3) is 0 Å². The summed E-state index contributed by atoms with van der Waals surface area (Å²) in [6.07, 6.45) is 5.56. The lowest BCUT2D eigenvalue weighted by atomic mass is 9.90. The van der Waals surface area contributed by atoms with Gasteiger partial charge < -0.3 is 5.73 Å². The zero-order valence-electron chi connectivity index (χ0n) is 10.8. The van der Waals surface area contributed by atoms with Crippen molar-refractivity contribution in [3.63, 3.8) is 0 Å². The molecule has 1 aromatic rings. The van der Waals surface area contributed by atoms with Gasteiger partial charge in [0.15, 0.2) is 0 Å². The summed E-state index contributed by atoms with van der Waals surface area (Å²) in [5.74, 6) is 0.900. The largest absolute Gasteiger partial charge is 0.327 e. The van der Waals surface area contributed by atoms with E-state index in [9.17, 15) is 0 Å². The molecule has 0 saturated heterocycles. The summed E-state index contributed by atoms with van der Waals surface area (Å²) in [6, 6.07) is 2.48. The predicted molar refractivity (Wildman–Crippen MR) is 79.7 cm³/mol. The zero-order chi connectivity index (χ0) is 12.3. The van der Waals surface area contributed by atoms with E-state index < -0.39 is 0 Å². The predicted octanol–water partition coefficient (Wildman–Crippen LogP) is 4.45. The lowest BCUT2D eigenvalue weighted by Crippen LogP contribution is -2.25. The Hall–Kier alpha value is 0.01000. The van der Waals surface area contributed by atoms with Gasteiger partial charge in [0.1, 0.15) is 0 Å². The molecule has 1 aromatic heterocycles. The Kier molecular flexibility index (Phi) is 4.95. The quantitative estimate of drug-likeness (QED) is 0.874. The van der Waals surface area contributed by atoms with Gasteiger partial charge in [-0.3, -0.25) is 0 Å². The molecule has 1 aliphatic carbocycles. The Morgan fingerprint density at radius 3 is 2.88 bits per heavy atom. The molecule has 0 spiro atoms. The molecule has 1 heterocycles. The van der Waals surface area contributed by atoms with E-state index in [1.165, 1.54) is 31.2 Å². The average Bonchev–Trinajstić information content (AvgIpc) is 2.78. The molecule has 2 N–H and O–H groups in total. The van der Waals surface area contributed by atoms with E-state index in [1.54, 1.807) is 11.3 Å². The van der Waals surface area contributed by atoms with Gasteiger partial charge in [-0.25, -0.2) is 0 Å². The number of hydrogen-bond donors (Lipinski definition) is 1. The van der Waals surface area contributed by atoms with Crippen LogP contribution in [0.5, 0.6) is 0 Å². The van der Waals surface area contributed by atoms with Crippen molar-refractivity contribution in [1.82, 2.24) is 0 Å². The topological polar surface area (TPSA) is 26.0 Å². The van der Waals surface area contributed by atoms with Crippen LogP contribution in [0, 0.1) is 5.92 Å². The molecular formula is C14H23NS2. The maximum Gasteiger partial charge on any atom is 0.0456 e. The van der Waals surface area contributed by atoms with Crippen LogP contribution in [0.3, 0.4) is 0 Å². The zero-order valence-corrected chi connectivity index (χ0v) is 12.4. The summed E-state index contributed by atoms with van der Waals surface area (Å²) in [5, 5.41) is 5.72. The SMILES string of the molecule is CC1CCCC(SC(c2ccsc2)C(C)N)C1. The first kappa shape index (κ1) is 13.4. The van der Waals surface area contributed by atoms with Crippen LogP contribution in [0.25, 0.3) is 0 Å². The van der Waals surface area contributed by atoms with E-state index in [1.807, 2.05) is 0 Å². The van der Waals surface area contributed by atoms with E-state index >= 15 is 0 Å². The Morgan fingerprint density at radius 1 is 1.47 bits per heavy atom. The molecule has 4 atom stereocenters. The molecule has 1 saturated carbocycles. The van der Waals surface area contributed by atoms with Crippen molar-refractivity contribution in [2.75, 3.05) is 0 Å². The van der Waals surface area contributed by atoms with Gasteiger partial charge in [0.2, 0.25) is 0 Å². The third-order valence-electron chi connectivity index (χ3n) is 3.58. The van der Waals surface area contributed by atoms with Crippen LogP contribution in [0.4, 0.5) is 0 Å². The van der Waals surface area contributed by atoms with Gasteiger partial charge >= 0.3 is 0 Å². The van der Waals surface area contributed by atoms with Gasteiger partial charge in [-0.2, -0.15) is 11.3 Å². The van der Waals surface area contributed by atoms with E-state index in [0.29, 0.717) is 5.25 Å². The fraction of sp³-hybridized carbons (Fsp3) is 0.714. The maximum absolute atomic E-state index is 6.16. The second kappa shape index (κ2) is 6.26. The molecule has 17 heavy (non-hydrogen) atoms. The van der Waals surface area contributed by atoms with Crippen LogP contribution >= 0.6 is 23.1 Å². The fourth-order valence-corrected chi connectivity index (χ4v) is 5.14. The molecule has 1 fully saturated rings. The highest BCUT2D eigenvalue weighted by molar-refractivity contribution is 8.00. The van der Waals surface area contributed by atoms with Crippen molar-refractivity contribution < 1.29 is 0 Å². The Bertz CT molecular complexity index is 321. The van der Waals surface area contributed by atoms with Gasteiger partial charge in [0.05, 0.1) is 0 Å². The maximum atomic E-state index is 6.16. The van der Waals surface area contributed by atoms with Crippen LogP contribution in [0.15, 0.2) is 16.8 Å². The minimum atomic E-state index is 0.242. The van der Waals surface area contributed by atoms with Crippen molar-refractivity contribution in [2.45, 2.75) is 56.1 Å². The van der Waals surface area contributed by atoms with Crippen LogP contribution in [-0.4, -0.2) is 11.3 Å². The Labute approximate surface area is 113 Å². The smallest absolute Gasteiger partial charge is 0.0456 e. The lowest BCUT2D eigenvalue weighted by molar-refractivity contribution is 0.393. The summed E-state index contributed by atoms with van der Waals surface area (Å²) in [6.45, 7) is 4.53. The average molecular weight is 269 g/mol. The van der Waals surface area contributed by atoms with Crippen molar-refractivity contribution >= 4 is 23.1 Å². The number of nitrogens with two attached hydrogens (primary N) is 1. The van der Waals surface area contributed by atoms with Gasteiger partial charge in [0, 0.05) is 16.5 Å². The third kappa shape index (κ3) is 3.73. The van der Waals surface area contributed by atoms with Crippen molar-refractivity contribution in [3.05, 3.63) is 22.4 Å². The molecule has 0 aromatic carbocycles. The highest BCUT2D eigenvalue weighted by Crippen LogP contribution is 2.41. The van der Waals surface area contributed by atoms with E-state index in [2.05, 4.69) is 42.4 Å². The fourth-order valence-electron chi connectivity index (χ4n) is 2.65. The molecule has 0 amide bonds. The molecule has 1 aliphatic rings. The van der Waals surface area contributed by atoms with E-state index in [0.717, 1.165) is 11.2 Å². The molecule has 1 nitrogen and oxygen atoms in total. The number of rotatable bonds is 4. The van der Waals surface area contributed by atoms with Crippen molar-refractivity contribution in [1.29, 1.82) is 0 Å². The number of thioether (sulfide) groups is 1. The summed E-state index contributed by atoms with van der Waals surface area (Å²) >= 11 is 3.90. The van der Waals surface area contributed by atoms with Crippen LogP contribution < -0.4 is 5.73 Å². The minimum absolute atomic E-state index is 0.242. The van der Waals surface area contributed by atoms with Crippen LogP contribution in [0.1, 0.15) is 50.3 Å². The summed E-state index contributed by atoms with van der Waals surface area (Å²) in [7, 11) is 0. The highest BCUT2D eigenvalue weighted by Gasteiger charge is 2.25. The summed E-state index contributed by atoms with van der Waals surface area (Å²) in [5.41, 5.74) is 7.59. The first-order valence-electron chi connectivity index (χ1n) is 6.60.